The number of rotatable bonds is 7. The monoisotopic (exact) mass is 376 g/mol. The normalized spacial score (nSPS) is 10.9. The fourth-order valence-corrected chi connectivity index (χ4v) is 4.31. The fourth-order valence-electron chi connectivity index (χ4n) is 3.52. The molecular formula is C23H24N2OS. The van der Waals surface area contributed by atoms with Crippen LogP contribution in [0.1, 0.15) is 41.5 Å². The summed E-state index contributed by atoms with van der Waals surface area (Å²) in [6, 6.07) is 16.7. The maximum atomic E-state index is 12.7. The molecular weight excluding hydrogens is 352 g/mol. The van der Waals surface area contributed by atoms with Crippen molar-refractivity contribution in [3.05, 3.63) is 81.3 Å². The summed E-state index contributed by atoms with van der Waals surface area (Å²) in [5.74, 6) is 0. The molecule has 27 heavy (non-hydrogen) atoms. The number of benzene rings is 1. The molecule has 2 aromatic heterocycles. The second-order valence-corrected chi connectivity index (χ2v) is 7.63. The number of fused-ring (bicyclic) bond motifs is 1. The molecule has 0 saturated carbocycles. The van der Waals surface area contributed by atoms with Gasteiger partial charge in [0, 0.05) is 11.1 Å². The number of pyridine rings is 2. The van der Waals surface area contributed by atoms with E-state index in [2.05, 4.69) is 36.4 Å². The van der Waals surface area contributed by atoms with Crippen molar-refractivity contribution in [1.82, 2.24) is 4.40 Å². The van der Waals surface area contributed by atoms with Crippen LogP contribution in [0.4, 0.5) is 0 Å². The quantitative estimate of drug-likeness (QED) is 0.423. The van der Waals surface area contributed by atoms with Crippen molar-refractivity contribution in [2.75, 3.05) is 6.26 Å². The minimum atomic E-state index is -0.218. The Hall–Kier alpha value is -2.51. The summed E-state index contributed by atoms with van der Waals surface area (Å²) in [6.07, 6.45) is 9.03. The van der Waals surface area contributed by atoms with Crippen LogP contribution in [0.5, 0.6) is 0 Å². The van der Waals surface area contributed by atoms with Gasteiger partial charge in [0.05, 0.1) is 5.52 Å². The molecule has 3 rings (SSSR count). The molecule has 0 spiro atoms. The molecule has 0 aliphatic rings. The Bertz CT molecular complexity index is 1030. The van der Waals surface area contributed by atoms with Crippen molar-refractivity contribution in [3.8, 4) is 6.07 Å². The van der Waals surface area contributed by atoms with Crippen molar-refractivity contribution >= 4 is 17.3 Å². The summed E-state index contributed by atoms with van der Waals surface area (Å²) in [5.41, 5.74) is 4.61. The lowest BCUT2D eigenvalue weighted by Crippen LogP contribution is -2.20. The number of unbranched alkanes of at least 4 members (excludes halogenated alkanes) is 2. The lowest BCUT2D eigenvalue weighted by Gasteiger charge is -2.14. The van der Waals surface area contributed by atoms with Gasteiger partial charge in [-0.25, -0.2) is 0 Å². The zero-order valence-corrected chi connectivity index (χ0v) is 16.7. The number of aryl methyl sites for hydroxylation is 3. The number of aromatic nitrogens is 1. The van der Waals surface area contributed by atoms with Gasteiger partial charge in [0.1, 0.15) is 11.6 Å². The molecule has 3 aromatic rings. The minimum absolute atomic E-state index is 0.218. The molecule has 0 aliphatic heterocycles. The first-order valence-corrected chi connectivity index (χ1v) is 10.5. The van der Waals surface area contributed by atoms with Crippen molar-refractivity contribution in [3.63, 3.8) is 0 Å². The Morgan fingerprint density at radius 1 is 1.07 bits per heavy atom. The first-order chi connectivity index (χ1) is 13.2. The second-order valence-electron chi connectivity index (χ2n) is 6.81. The van der Waals surface area contributed by atoms with Gasteiger partial charge in [-0.3, -0.25) is 9.20 Å². The standard InChI is InChI=1S/C23H24N2OS/c1-17-13-14-25-21(15-17)19(22(27-2)20(16-24)23(25)26)12-8-4-7-11-18-9-5-3-6-10-18/h3,5-6,9-10,13-15H,4,7-8,11-12H2,1-2H3. The zero-order chi connectivity index (χ0) is 19.2. The highest BCUT2D eigenvalue weighted by Crippen LogP contribution is 2.28. The second kappa shape index (κ2) is 8.92. The third-order valence-corrected chi connectivity index (χ3v) is 5.76. The summed E-state index contributed by atoms with van der Waals surface area (Å²) >= 11 is 1.51. The van der Waals surface area contributed by atoms with Crippen LogP contribution in [0.3, 0.4) is 0 Å². The van der Waals surface area contributed by atoms with E-state index in [1.54, 1.807) is 10.6 Å². The number of hydrogen-bond donors (Lipinski definition) is 0. The maximum Gasteiger partial charge on any atom is 0.274 e. The van der Waals surface area contributed by atoms with Gasteiger partial charge in [0.2, 0.25) is 0 Å². The maximum absolute atomic E-state index is 12.7. The molecule has 0 N–H and O–H groups in total. The number of nitriles is 1. The van der Waals surface area contributed by atoms with Gasteiger partial charge in [-0.05, 0) is 67.7 Å². The first kappa shape index (κ1) is 19.3. The summed E-state index contributed by atoms with van der Waals surface area (Å²) in [6.45, 7) is 2.03. The van der Waals surface area contributed by atoms with Crippen LogP contribution in [0, 0.1) is 18.3 Å². The predicted molar refractivity (Wildman–Crippen MR) is 113 cm³/mol. The summed E-state index contributed by atoms with van der Waals surface area (Å²) < 4.78 is 1.63. The molecule has 0 amide bonds. The third-order valence-electron chi connectivity index (χ3n) is 4.90. The SMILES string of the molecule is CSc1c(C#N)c(=O)n2ccc(C)cc2c1CCCCCc1ccccc1. The fraction of sp³-hybridized carbons (Fsp3) is 0.304. The van der Waals surface area contributed by atoms with E-state index in [4.69, 9.17) is 0 Å². The first-order valence-electron chi connectivity index (χ1n) is 9.31. The lowest BCUT2D eigenvalue weighted by atomic mass is 10.0. The van der Waals surface area contributed by atoms with Gasteiger partial charge in [-0.15, -0.1) is 11.8 Å². The van der Waals surface area contributed by atoms with E-state index < -0.39 is 0 Å². The Morgan fingerprint density at radius 2 is 1.81 bits per heavy atom. The van der Waals surface area contributed by atoms with Crippen LogP contribution < -0.4 is 5.56 Å². The van der Waals surface area contributed by atoms with E-state index in [-0.39, 0.29) is 11.1 Å². The van der Waals surface area contributed by atoms with Gasteiger partial charge < -0.3 is 0 Å². The van der Waals surface area contributed by atoms with E-state index in [1.807, 2.05) is 25.3 Å². The average Bonchev–Trinajstić information content (AvgIpc) is 2.69. The van der Waals surface area contributed by atoms with Crippen LogP contribution in [-0.2, 0) is 12.8 Å². The molecule has 0 bridgehead atoms. The van der Waals surface area contributed by atoms with Crippen LogP contribution >= 0.6 is 11.8 Å². The third kappa shape index (κ3) is 4.26. The van der Waals surface area contributed by atoms with Crippen LogP contribution in [0.15, 0.2) is 58.4 Å². The van der Waals surface area contributed by atoms with E-state index in [9.17, 15) is 10.1 Å². The van der Waals surface area contributed by atoms with Crippen molar-refractivity contribution < 1.29 is 0 Å². The molecule has 4 heteroatoms. The Morgan fingerprint density at radius 3 is 2.52 bits per heavy atom. The summed E-state index contributed by atoms with van der Waals surface area (Å²) in [5, 5.41) is 9.53. The Balaban J connectivity index is 1.82. The molecule has 0 saturated heterocycles. The van der Waals surface area contributed by atoms with Gasteiger partial charge in [0.25, 0.3) is 5.56 Å². The topological polar surface area (TPSA) is 45.3 Å². The molecule has 3 nitrogen and oxygen atoms in total. The Kier molecular flexibility index (Phi) is 6.36. The highest BCUT2D eigenvalue weighted by Gasteiger charge is 2.17. The number of hydrogen-bond acceptors (Lipinski definition) is 3. The van der Waals surface area contributed by atoms with Gasteiger partial charge in [-0.2, -0.15) is 5.26 Å². The molecule has 1 aromatic carbocycles. The summed E-state index contributed by atoms with van der Waals surface area (Å²) in [7, 11) is 0. The molecule has 0 unspecified atom stereocenters. The smallest absolute Gasteiger partial charge is 0.274 e. The molecule has 0 radical (unpaired) electrons. The minimum Gasteiger partial charge on any atom is -0.283 e. The molecule has 138 valence electrons. The van der Waals surface area contributed by atoms with E-state index in [0.717, 1.165) is 53.6 Å². The summed E-state index contributed by atoms with van der Waals surface area (Å²) in [4.78, 5) is 13.5. The lowest BCUT2D eigenvalue weighted by molar-refractivity contribution is 0.674. The largest absolute Gasteiger partial charge is 0.283 e. The van der Waals surface area contributed by atoms with E-state index >= 15 is 0 Å². The average molecular weight is 377 g/mol. The van der Waals surface area contributed by atoms with Gasteiger partial charge in [-0.1, -0.05) is 36.8 Å². The molecule has 0 atom stereocenters. The number of thioether (sulfide) groups is 1. The molecule has 0 fully saturated rings. The highest BCUT2D eigenvalue weighted by atomic mass is 32.2. The number of nitrogens with zero attached hydrogens (tertiary/aromatic N) is 2. The molecule has 0 aliphatic carbocycles. The highest BCUT2D eigenvalue weighted by molar-refractivity contribution is 7.98. The van der Waals surface area contributed by atoms with Crippen LogP contribution in [0.2, 0.25) is 0 Å². The van der Waals surface area contributed by atoms with Crippen molar-refractivity contribution in [2.24, 2.45) is 0 Å². The van der Waals surface area contributed by atoms with Gasteiger partial charge in [0.15, 0.2) is 0 Å². The van der Waals surface area contributed by atoms with E-state index in [0.29, 0.717) is 0 Å². The van der Waals surface area contributed by atoms with E-state index in [1.165, 1.54) is 17.3 Å². The van der Waals surface area contributed by atoms with Crippen LogP contribution in [-0.4, -0.2) is 10.7 Å². The predicted octanol–water partition coefficient (Wildman–Crippen LogP) is 5.16. The van der Waals surface area contributed by atoms with Crippen LogP contribution in [0.25, 0.3) is 5.52 Å². The van der Waals surface area contributed by atoms with Gasteiger partial charge >= 0.3 is 0 Å². The zero-order valence-electron chi connectivity index (χ0n) is 15.9. The Labute approximate surface area is 164 Å². The molecule has 2 heterocycles. The van der Waals surface area contributed by atoms with Crippen molar-refractivity contribution in [2.45, 2.75) is 43.9 Å². The van der Waals surface area contributed by atoms with Crippen molar-refractivity contribution in [1.29, 1.82) is 5.26 Å².